The van der Waals surface area contributed by atoms with Crippen LogP contribution >= 0.6 is 0 Å². The number of nitrogens with two attached hydrogens (primary N) is 1. The molecule has 116 valence electrons. The molecule has 0 aromatic heterocycles. The fourth-order valence-corrected chi connectivity index (χ4v) is 2.80. The minimum Gasteiger partial charge on any atom is -0.488 e. The predicted molar refractivity (Wildman–Crippen MR) is 86.7 cm³/mol. The molecule has 1 atom stereocenters. The fourth-order valence-electron chi connectivity index (χ4n) is 2.80. The van der Waals surface area contributed by atoms with E-state index < -0.39 is 0 Å². The standard InChI is InChI=1S/C19H23NO2/c1-2-7-16(8-3-1)15-22-19-11-5-4-9-17(19)13-20-14-18-10-6-12-21-18/h1-5,7-9,11,18,20H,6,10,12-15H2/p+1/t18-/m1/s1. The second-order valence-corrected chi connectivity index (χ2v) is 5.75. The van der Waals surface area contributed by atoms with E-state index in [1.807, 2.05) is 24.3 Å². The molecule has 1 aliphatic heterocycles. The molecule has 2 aromatic carbocycles. The normalized spacial score (nSPS) is 17.5. The molecule has 3 nitrogen and oxygen atoms in total. The van der Waals surface area contributed by atoms with Crippen LogP contribution in [0.25, 0.3) is 0 Å². The van der Waals surface area contributed by atoms with Gasteiger partial charge in [0.25, 0.3) is 0 Å². The van der Waals surface area contributed by atoms with Gasteiger partial charge in [0.05, 0.1) is 0 Å². The molecule has 0 amide bonds. The first-order chi connectivity index (χ1) is 10.9. The van der Waals surface area contributed by atoms with Gasteiger partial charge in [-0.2, -0.15) is 0 Å². The summed E-state index contributed by atoms with van der Waals surface area (Å²) in [5.74, 6) is 0.981. The zero-order valence-corrected chi connectivity index (χ0v) is 12.9. The number of benzene rings is 2. The second-order valence-electron chi connectivity index (χ2n) is 5.75. The van der Waals surface area contributed by atoms with Crippen LogP contribution in [0.3, 0.4) is 0 Å². The molecule has 1 saturated heterocycles. The van der Waals surface area contributed by atoms with Gasteiger partial charge in [-0.05, 0) is 30.5 Å². The lowest BCUT2D eigenvalue weighted by Crippen LogP contribution is -2.84. The van der Waals surface area contributed by atoms with Crippen molar-refractivity contribution < 1.29 is 14.8 Å². The fraction of sp³-hybridized carbons (Fsp3) is 0.368. The largest absolute Gasteiger partial charge is 0.488 e. The highest BCUT2D eigenvalue weighted by Crippen LogP contribution is 2.18. The first kappa shape index (κ1) is 15.1. The van der Waals surface area contributed by atoms with Crippen molar-refractivity contribution in [1.29, 1.82) is 0 Å². The number of hydrogen-bond acceptors (Lipinski definition) is 2. The summed E-state index contributed by atoms with van der Waals surface area (Å²) >= 11 is 0. The molecule has 3 rings (SSSR count). The van der Waals surface area contributed by atoms with Gasteiger partial charge in [0, 0.05) is 12.2 Å². The SMILES string of the molecule is c1ccc(COc2ccccc2C[NH2+]C[C@H]2CCCO2)cc1. The van der Waals surface area contributed by atoms with Gasteiger partial charge in [-0.25, -0.2) is 0 Å². The summed E-state index contributed by atoms with van der Waals surface area (Å²) in [4.78, 5) is 0. The molecule has 3 heteroatoms. The van der Waals surface area contributed by atoms with Crippen LogP contribution in [0.4, 0.5) is 0 Å². The molecule has 1 fully saturated rings. The Morgan fingerprint density at radius 2 is 1.86 bits per heavy atom. The second kappa shape index (κ2) is 7.97. The van der Waals surface area contributed by atoms with E-state index >= 15 is 0 Å². The van der Waals surface area contributed by atoms with Crippen LogP contribution in [0, 0.1) is 0 Å². The summed E-state index contributed by atoms with van der Waals surface area (Å²) < 4.78 is 11.7. The molecule has 1 aliphatic rings. The van der Waals surface area contributed by atoms with Crippen molar-refractivity contribution in [2.75, 3.05) is 13.2 Å². The van der Waals surface area contributed by atoms with E-state index in [0.717, 1.165) is 25.4 Å². The molecule has 2 aromatic rings. The maximum atomic E-state index is 5.99. The van der Waals surface area contributed by atoms with Crippen LogP contribution in [-0.4, -0.2) is 19.3 Å². The van der Waals surface area contributed by atoms with Crippen molar-refractivity contribution in [2.24, 2.45) is 0 Å². The summed E-state index contributed by atoms with van der Waals surface area (Å²) in [7, 11) is 0. The number of hydrogen-bond donors (Lipinski definition) is 1. The molecule has 0 radical (unpaired) electrons. The Bertz CT molecular complexity index is 565. The van der Waals surface area contributed by atoms with E-state index in [9.17, 15) is 0 Å². The molecular formula is C19H24NO2+. The van der Waals surface area contributed by atoms with Gasteiger partial charge in [0.2, 0.25) is 0 Å². The van der Waals surface area contributed by atoms with Crippen molar-refractivity contribution in [3.05, 3.63) is 65.7 Å². The molecule has 1 heterocycles. The van der Waals surface area contributed by atoms with Crippen LogP contribution in [0.2, 0.25) is 0 Å². The van der Waals surface area contributed by atoms with Gasteiger partial charge in [-0.1, -0.05) is 42.5 Å². The Labute approximate surface area is 132 Å². The van der Waals surface area contributed by atoms with E-state index in [1.165, 1.54) is 24.0 Å². The van der Waals surface area contributed by atoms with Gasteiger partial charge in [-0.15, -0.1) is 0 Å². The van der Waals surface area contributed by atoms with Gasteiger partial charge in [-0.3, -0.25) is 0 Å². The highest BCUT2D eigenvalue weighted by Gasteiger charge is 2.17. The summed E-state index contributed by atoms with van der Waals surface area (Å²) in [6.45, 7) is 3.51. The molecule has 0 aliphatic carbocycles. The first-order valence-electron chi connectivity index (χ1n) is 8.10. The molecule has 0 unspecified atom stereocenters. The molecule has 22 heavy (non-hydrogen) atoms. The average Bonchev–Trinajstić information content (AvgIpc) is 3.08. The third kappa shape index (κ3) is 4.33. The smallest absolute Gasteiger partial charge is 0.128 e. The maximum Gasteiger partial charge on any atom is 0.128 e. The minimum atomic E-state index is 0.428. The van der Waals surface area contributed by atoms with Crippen molar-refractivity contribution in [3.8, 4) is 5.75 Å². The van der Waals surface area contributed by atoms with Crippen molar-refractivity contribution in [3.63, 3.8) is 0 Å². The Morgan fingerprint density at radius 3 is 2.68 bits per heavy atom. The van der Waals surface area contributed by atoms with Gasteiger partial charge in [0.15, 0.2) is 0 Å². The highest BCUT2D eigenvalue weighted by molar-refractivity contribution is 5.32. The topological polar surface area (TPSA) is 35.1 Å². The van der Waals surface area contributed by atoms with Gasteiger partial charge in [0.1, 0.15) is 31.5 Å². The van der Waals surface area contributed by atoms with Crippen LogP contribution in [0.5, 0.6) is 5.75 Å². The van der Waals surface area contributed by atoms with Crippen LogP contribution in [0.15, 0.2) is 54.6 Å². The Hall–Kier alpha value is -1.84. The number of quaternary nitrogens is 1. The van der Waals surface area contributed by atoms with E-state index in [2.05, 4.69) is 35.6 Å². The lowest BCUT2D eigenvalue weighted by molar-refractivity contribution is -0.676. The summed E-state index contributed by atoms with van der Waals surface area (Å²) in [6.07, 6.45) is 2.83. The Morgan fingerprint density at radius 1 is 1.05 bits per heavy atom. The van der Waals surface area contributed by atoms with Gasteiger partial charge >= 0.3 is 0 Å². The number of rotatable bonds is 7. The monoisotopic (exact) mass is 298 g/mol. The molecule has 2 N–H and O–H groups in total. The molecule has 0 bridgehead atoms. The lowest BCUT2D eigenvalue weighted by atomic mass is 10.2. The van der Waals surface area contributed by atoms with Crippen LogP contribution < -0.4 is 10.1 Å². The molecular weight excluding hydrogens is 274 g/mol. The Kier molecular flexibility index (Phi) is 5.46. The van der Waals surface area contributed by atoms with E-state index in [4.69, 9.17) is 9.47 Å². The van der Waals surface area contributed by atoms with Crippen molar-refractivity contribution in [1.82, 2.24) is 0 Å². The summed E-state index contributed by atoms with van der Waals surface area (Å²) in [5, 5.41) is 2.32. The summed E-state index contributed by atoms with van der Waals surface area (Å²) in [5.41, 5.74) is 2.44. The average molecular weight is 298 g/mol. The number of para-hydroxylation sites is 1. The first-order valence-corrected chi connectivity index (χ1v) is 8.10. The molecule has 0 spiro atoms. The predicted octanol–water partition coefficient (Wildman–Crippen LogP) is 2.51. The lowest BCUT2D eigenvalue weighted by Gasteiger charge is -2.12. The molecule has 0 saturated carbocycles. The third-order valence-corrected chi connectivity index (χ3v) is 4.03. The summed E-state index contributed by atoms with van der Waals surface area (Å²) in [6, 6.07) is 18.6. The minimum absolute atomic E-state index is 0.428. The van der Waals surface area contributed by atoms with Gasteiger partial charge < -0.3 is 14.8 Å². The quantitative estimate of drug-likeness (QED) is 0.852. The van der Waals surface area contributed by atoms with Crippen molar-refractivity contribution in [2.45, 2.75) is 32.1 Å². The maximum absolute atomic E-state index is 5.99. The number of ether oxygens (including phenoxy) is 2. The zero-order valence-electron chi connectivity index (χ0n) is 12.9. The van der Waals surface area contributed by atoms with Crippen LogP contribution in [0.1, 0.15) is 24.0 Å². The van der Waals surface area contributed by atoms with E-state index in [0.29, 0.717) is 12.7 Å². The highest BCUT2D eigenvalue weighted by atomic mass is 16.5. The zero-order chi connectivity index (χ0) is 15.0. The Balaban J connectivity index is 1.52. The van der Waals surface area contributed by atoms with Crippen molar-refractivity contribution >= 4 is 0 Å². The van der Waals surface area contributed by atoms with E-state index in [1.54, 1.807) is 0 Å². The van der Waals surface area contributed by atoms with Crippen LogP contribution in [-0.2, 0) is 17.9 Å². The van der Waals surface area contributed by atoms with E-state index in [-0.39, 0.29) is 0 Å². The third-order valence-electron chi connectivity index (χ3n) is 4.03.